The summed E-state index contributed by atoms with van der Waals surface area (Å²) in [6.45, 7) is 7.00. The largest absolute Gasteiger partial charge is 0.489 e. The van der Waals surface area contributed by atoms with Crippen molar-refractivity contribution in [3.8, 4) is 17.1 Å². The van der Waals surface area contributed by atoms with Crippen LogP contribution < -0.4 is 15.9 Å². The van der Waals surface area contributed by atoms with Gasteiger partial charge in [-0.05, 0) is 40.8 Å². The fourth-order valence-electron chi connectivity index (χ4n) is 3.39. The maximum Gasteiger partial charge on any atom is 0.234 e. The monoisotopic (exact) mass is 487 g/mol. The number of hydrogen-bond acceptors (Lipinski definition) is 6. The van der Waals surface area contributed by atoms with Crippen LogP contribution >= 0.6 is 11.8 Å². The van der Waals surface area contributed by atoms with E-state index < -0.39 is 0 Å². The van der Waals surface area contributed by atoms with Crippen molar-refractivity contribution < 1.29 is 9.53 Å². The number of thioether (sulfide) groups is 1. The number of nitrogen functional groups attached to an aromatic ring is 1. The van der Waals surface area contributed by atoms with Crippen molar-refractivity contribution in [2.24, 2.45) is 0 Å². The van der Waals surface area contributed by atoms with E-state index in [1.807, 2.05) is 66.7 Å². The molecule has 1 heterocycles. The van der Waals surface area contributed by atoms with Crippen LogP contribution in [0.3, 0.4) is 0 Å². The summed E-state index contributed by atoms with van der Waals surface area (Å²) in [5.41, 5.74) is 3.96. The van der Waals surface area contributed by atoms with Crippen molar-refractivity contribution in [3.05, 3.63) is 90.0 Å². The van der Waals surface area contributed by atoms with Gasteiger partial charge in [0.2, 0.25) is 11.1 Å². The van der Waals surface area contributed by atoms with Crippen LogP contribution in [0.1, 0.15) is 31.9 Å². The number of amides is 1. The lowest BCUT2D eigenvalue weighted by Gasteiger charge is -2.19. The molecule has 0 aliphatic heterocycles. The van der Waals surface area contributed by atoms with E-state index in [9.17, 15) is 4.79 Å². The molecule has 4 aromatic rings. The van der Waals surface area contributed by atoms with Gasteiger partial charge in [-0.1, -0.05) is 87.1 Å². The molecule has 0 unspecified atom stereocenters. The maximum absolute atomic E-state index is 12.4. The molecule has 8 heteroatoms. The van der Waals surface area contributed by atoms with E-state index in [1.165, 1.54) is 22.0 Å². The third-order valence-electron chi connectivity index (χ3n) is 5.39. The minimum Gasteiger partial charge on any atom is -0.489 e. The summed E-state index contributed by atoms with van der Waals surface area (Å²) in [6, 6.07) is 25.4. The summed E-state index contributed by atoms with van der Waals surface area (Å²) in [4.78, 5) is 12.4. The number of rotatable bonds is 8. The van der Waals surface area contributed by atoms with Crippen LogP contribution in [0.2, 0.25) is 0 Å². The number of benzene rings is 3. The first kappa shape index (κ1) is 24.3. The Balaban J connectivity index is 1.29. The van der Waals surface area contributed by atoms with Crippen LogP contribution in [-0.2, 0) is 16.8 Å². The van der Waals surface area contributed by atoms with Crippen molar-refractivity contribution in [3.63, 3.8) is 0 Å². The highest BCUT2D eigenvalue weighted by Crippen LogP contribution is 2.26. The van der Waals surface area contributed by atoms with E-state index in [2.05, 4.69) is 48.4 Å². The Morgan fingerprint density at radius 1 is 0.971 bits per heavy atom. The fourth-order valence-corrected chi connectivity index (χ4v) is 4.05. The molecule has 3 aromatic carbocycles. The molecular formula is C27H29N5O2S. The van der Waals surface area contributed by atoms with Gasteiger partial charge in [0.1, 0.15) is 12.4 Å². The second-order valence-corrected chi connectivity index (χ2v) is 10.1. The van der Waals surface area contributed by atoms with Gasteiger partial charge in [-0.2, -0.15) is 0 Å². The van der Waals surface area contributed by atoms with Crippen molar-refractivity contribution in [1.82, 2.24) is 14.9 Å². The molecule has 4 rings (SSSR count). The molecule has 0 bridgehead atoms. The number of nitrogens with zero attached hydrogens (tertiary/aromatic N) is 3. The quantitative estimate of drug-likeness (QED) is 0.260. The van der Waals surface area contributed by atoms with Crippen molar-refractivity contribution in [2.75, 3.05) is 16.9 Å². The molecule has 0 saturated heterocycles. The molecule has 1 aromatic heterocycles. The van der Waals surface area contributed by atoms with E-state index in [0.717, 1.165) is 16.9 Å². The summed E-state index contributed by atoms with van der Waals surface area (Å²) in [5, 5.41) is 11.7. The van der Waals surface area contributed by atoms with Gasteiger partial charge in [-0.25, -0.2) is 4.68 Å². The first-order valence-corrected chi connectivity index (χ1v) is 12.3. The smallest absolute Gasteiger partial charge is 0.234 e. The molecule has 3 N–H and O–H groups in total. The van der Waals surface area contributed by atoms with Crippen LogP contribution in [0.5, 0.6) is 5.75 Å². The molecule has 0 fully saturated rings. The van der Waals surface area contributed by atoms with E-state index in [0.29, 0.717) is 23.3 Å². The molecule has 0 saturated carbocycles. The Morgan fingerprint density at radius 3 is 2.31 bits per heavy atom. The number of carbonyl (C=O) groups is 1. The van der Waals surface area contributed by atoms with E-state index >= 15 is 0 Å². The number of carbonyl (C=O) groups excluding carboxylic acids is 1. The summed E-state index contributed by atoms with van der Waals surface area (Å²) < 4.78 is 7.20. The standard InChI is InChI=1S/C27H29N5O2S/c1-27(2,3)21-11-9-20(10-12-21)25-30-31-26(32(25)28)35-18-24(33)29-22-13-15-23(16-14-22)34-17-19-7-5-4-6-8-19/h4-16H,17-18,28H2,1-3H3,(H,29,33). The van der Waals surface area contributed by atoms with E-state index in [-0.39, 0.29) is 17.1 Å². The highest BCUT2D eigenvalue weighted by molar-refractivity contribution is 7.99. The SMILES string of the molecule is CC(C)(C)c1ccc(-c2nnc(SCC(=O)Nc3ccc(OCc4ccccc4)cc3)n2N)cc1. The van der Waals surface area contributed by atoms with Gasteiger partial charge >= 0.3 is 0 Å². The van der Waals surface area contributed by atoms with Gasteiger partial charge in [0.05, 0.1) is 5.75 Å². The van der Waals surface area contributed by atoms with Crippen LogP contribution in [0.25, 0.3) is 11.4 Å². The van der Waals surface area contributed by atoms with Crippen molar-refractivity contribution in [2.45, 2.75) is 37.9 Å². The first-order valence-electron chi connectivity index (χ1n) is 11.3. The summed E-state index contributed by atoms with van der Waals surface area (Å²) >= 11 is 1.23. The summed E-state index contributed by atoms with van der Waals surface area (Å²) in [5.74, 6) is 7.50. The number of anilines is 1. The normalized spacial score (nSPS) is 11.3. The Labute approximate surface area is 209 Å². The van der Waals surface area contributed by atoms with Gasteiger partial charge in [-0.3, -0.25) is 4.79 Å². The predicted molar refractivity (Wildman–Crippen MR) is 141 cm³/mol. The Hall–Kier alpha value is -3.78. The number of hydrogen-bond donors (Lipinski definition) is 2. The molecule has 7 nitrogen and oxygen atoms in total. The lowest BCUT2D eigenvalue weighted by molar-refractivity contribution is -0.113. The second-order valence-electron chi connectivity index (χ2n) is 9.14. The van der Waals surface area contributed by atoms with Crippen LogP contribution in [-0.4, -0.2) is 26.5 Å². The highest BCUT2D eigenvalue weighted by atomic mass is 32.2. The Morgan fingerprint density at radius 2 is 1.66 bits per heavy atom. The minimum atomic E-state index is -0.160. The molecule has 0 atom stereocenters. The fraction of sp³-hybridized carbons (Fsp3) is 0.222. The Bertz CT molecular complexity index is 1260. The van der Waals surface area contributed by atoms with Gasteiger partial charge in [0.15, 0.2) is 5.82 Å². The third kappa shape index (κ3) is 6.42. The predicted octanol–water partition coefficient (Wildman–Crippen LogP) is 5.27. The zero-order valence-corrected chi connectivity index (χ0v) is 20.9. The number of nitrogens with one attached hydrogen (secondary N) is 1. The van der Waals surface area contributed by atoms with Crippen molar-refractivity contribution in [1.29, 1.82) is 0 Å². The lowest BCUT2D eigenvalue weighted by atomic mass is 9.87. The van der Waals surface area contributed by atoms with Gasteiger partial charge in [0.25, 0.3) is 0 Å². The molecule has 0 aliphatic rings. The highest BCUT2D eigenvalue weighted by Gasteiger charge is 2.16. The molecule has 0 aliphatic carbocycles. The van der Waals surface area contributed by atoms with Crippen LogP contribution in [0, 0.1) is 0 Å². The average Bonchev–Trinajstić information content (AvgIpc) is 3.22. The maximum atomic E-state index is 12.4. The zero-order chi connectivity index (χ0) is 24.8. The second kappa shape index (κ2) is 10.7. The lowest BCUT2D eigenvalue weighted by Crippen LogP contribution is -2.16. The van der Waals surface area contributed by atoms with Crippen LogP contribution in [0.15, 0.2) is 84.0 Å². The van der Waals surface area contributed by atoms with Gasteiger partial charge in [0, 0.05) is 11.3 Å². The summed E-state index contributed by atoms with van der Waals surface area (Å²) in [6.07, 6.45) is 0. The third-order valence-corrected chi connectivity index (χ3v) is 6.34. The minimum absolute atomic E-state index is 0.0683. The molecule has 0 spiro atoms. The molecule has 0 radical (unpaired) electrons. The summed E-state index contributed by atoms with van der Waals surface area (Å²) in [7, 11) is 0. The topological polar surface area (TPSA) is 95.1 Å². The van der Waals surface area contributed by atoms with E-state index in [4.69, 9.17) is 10.6 Å². The average molecular weight is 488 g/mol. The molecular weight excluding hydrogens is 458 g/mol. The van der Waals surface area contributed by atoms with Gasteiger partial charge in [-0.15, -0.1) is 10.2 Å². The zero-order valence-electron chi connectivity index (χ0n) is 20.1. The van der Waals surface area contributed by atoms with Crippen LogP contribution in [0.4, 0.5) is 5.69 Å². The number of nitrogens with two attached hydrogens (primary N) is 1. The molecule has 1 amide bonds. The Kier molecular flexibility index (Phi) is 7.41. The molecule has 35 heavy (non-hydrogen) atoms. The van der Waals surface area contributed by atoms with Crippen molar-refractivity contribution >= 4 is 23.4 Å². The first-order chi connectivity index (χ1) is 16.8. The van der Waals surface area contributed by atoms with E-state index in [1.54, 1.807) is 0 Å². The number of aromatic nitrogens is 3. The number of ether oxygens (including phenoxy) is 1. The van der Waals surface area contributed by atoms with Gasteiger partial charge < -0.3 is 15.9 Å². The molecule has 180 valence electrons.